The van der Waals surface area contributed by atoms with Gasteiger partial charge < -0.3 is 14.4 Å². The van der Waals surface area contributed by atoms with Crippen LogP contribution in [0.1, 0.15) is 24.8 Å². The zero-order valence-electron chi connectivity index (χ0n) is 16.9. The van der Waals surface area contributed by atoms with E-state index in [-0.39, 0.29) is 24.5 Å². The van der Waals surface area contributed by atoms with E-state index in [2.05, 4.69) is 27.2 Å². The molecule has 0 atom stereocenters. The number of carbonyl (C=O) groups excluding carboxylic acids is 1. The molecule has 2 aromatic carbocycles. The van der Waals surface area contributed by atoms with E-state index in [0.717, 1.165) is 42.2 Å². The molecule has 3 aromatic rings. The fourth-order valence-electron chi connectivity index (χ4n) is 3.39. The molecule has 9 heteroatoms. The second-order valence-electron chi connectivity index (χ2n) is 7.21. The second kappa shape index (κ2) is 9.62. The Bertz CT molecular complexity index is 1050. The highest BCUT2D eigenvalue weighted by Crippen LogP contribution is 2.30. The van der Waals surface area contributed by atoms with Gasteiger partial charge in [-0.1, -0.05) is 22.9 Å². The molecule has 1 saturated heterocycles. The standard InChI is InChI=1S/C22H21ClFN3O3S/c1-14(28)29-13-21-25-26-22(31-21)15-2-5-17(6-3-15)27-10-8-18(9-11-27)30-20-12-16(24)4-7-19(20)23/h2-7,12,18H,8-11,13H2,1H3. The van der Waals surface area contributed by atoms with Crippen molar-refractivity contribution in [3.05, 3.63) is 58.3 Å². The molecule has 0 N–H and O–H groups in total. The predicted molar refractivity (Wildman–Crippen MR) is 118 cm³/mol. The van der Waals surface area contributed by atoms with E-state index in [1.807, 2.05) is 12.1 Å². The van der Waals surface area contributed by atoms with Gasteiger partial charge in [0.15, 0.2) is 5.01 Å². The Balaban J connectivity index is 1.33. The molecule has 1 aliphatic rings. The van der Waals surface area contributed by atoms with Gasteiger partial charge in [-0.25, -0.2) is 4.39 Å². The molecule has 6 nitrogen and oxygen atoms in total. The monoisotopic (exact) mass is 461 g/mol. The van der Waals surface area contributed by atoms with Crippen molar-refractivity contribution in [3.8, 4) is 16.3 Å². The molecule has 0 aliphatic carbocycles. The first-order valence-corrected chi connectivity index (χ1v) is 11.1. The number of aromatic nitrogens is 2. The Morgan fingerprint density at radius 1 is 1.19 bits per heavy atom. The van der Waals surface area contributed by atoms with Gasteiger partial charge in [-0.05, 0) is 36.4 Å². The van der Waals surface area contributed by atoms with Crippen molar-refractivity contribution >= 4 is 34.6 Å². The predicted octanol–water partition coefficient (Wildman–Crippen LogP) is 5.11. The Morgan fingerprint density at radius 2 is 1.94 bits per heavy atom. The van der Waals surface area contributed by atoms with Crippen LogP contribution in [0.5, 0.6) is 5.75 Å². The van der Waals surface area contributed by atoms with Gasteiger partial charge in [-0.3, -0.25) is 4.79 Å². The summed E-state index contributed by atoms with van der Waals surface area (Å²) in [5.74, 6) is -0.297. The molecule has 31 heavy (non-hydrogen) atoms. The third kappa shape index (κ3) is 5.51. The van der Waals surface area contributed by atoms with Gasteiger partial charge in [-0.15, -0.1) is 10.2 Å². The van der Waals surface area contributed by atoms with Gasteiger partial charge in [0.2, 0.25) is 0 Å². The van der Waals surface area contributed by atoms with Crippen molar-refractivity contribution in [3.63, 3.8) is 0 Å². The van der Waals surface area contributed by atoms with Gasteiger partial charge in [-0.2, -0.15) is 0 Å². The van der Waals surface area contributed by atoms with Crippen LogP contribution < -0.4 is 9.64 Å². The highest BCUT2D eigenvalue weighted by molar-refractivity contribution is 7.14. The number of esters is 1. The van der Waals surface area contributed by atoms with E-state index in [9.17, 15) is 9.18 Å². The van der Waals surface area contributed by atoms with E-state index < -0.39 is 0 Å². The highest BCUT2D eigenvalue weighted by atomic mass is 35.5. The molecule has 2 heterocycles. The van der Waals surface area contributed by atoms with Crippen LogP contribution in [0.2, 0.25) is 5.02 Å². The molecule has 0 radical (unpaired) electrons. The summed E-state index contributed by atoms with van der Waals surface area (Å²) in [6, 6.07) is 12.3. The third-order valence-corrected chi connectivity index (χ3v) is 6.23. The van der Waals surface area contributed by atoms with Crippen molar-refractivity contribution in [2.45, 2.75) is 32.5 Å². The Kier molecular flexibility index (Phi) is 6.67. The van der Waals surface area contributed by atoms with Crippen molar-refractivity contribution in [1.82, 2.24) is 10.2 Å². The van der Waals surface area contributed by atoms with Gasteiger partial charge >= 0.3 is 5.97 Å². The number of benzene rings is 2. The smallest absolute Gasteiger partial charge is 0.303 e. The van der Waals surface area contributed by atoms with E-state index in [4.69, 9.17) is 21.1 Å². The summed E-state index contributed by atoms with van der Waals surface area (Å²) >= 11 is 7.51. The molecule has 0 spiro atoms. The Labute approximate surface area is 188 Å². The molecule has 1 aliphatic heterocycles. The van der Waals surface area contributed by atoms with E-state index in [0.29, 0.717) is 15.8 Å². The minimum atomic E-state index is -0.356. The number of rotatable bonds is 6. The molecule has 4 rings (SSSR count). The van der Waals surface area contributed by atoms with Crippen LogP contribution in [0.3, 0.4) is 0 Å². The normalized spacial score (nSPS) is 14.5. The number of piperidine rings is 1. The maximum Gasteiger partial charge on any atom is 0.303 e. The first-order chi connectivity index (χ1) is 15.0. The second-order valence-corrected chi connectivity index (χ2v) is 8.68. The van der Waals surface area contributed by atoms with Crippen molar-refractivity contribution in [2.24, 2.45) is 0 Å². The van der Waals surface area contributed by atoms with Crippen LogP contribution in [0.4, 0.5) is 10.1 Å². The number of anilines is 1. The van der Waals surface area contributed by atoms with E-state index in [1.165, 1.54) is 36.5 Å². The molecule has 0 saturated carbocycles. The van der Waals surface area contributed by atoms with Gasteiger partial charge in [0.1, 0.15) is 29.3 Å². The van der Waals surface area contributed by atoms with Gasteiger partial charge in [0, 0.05) is 50.2 Å². The first kappa shape index (κ1) is 21.5. The van der Waals surface area contributed by atoms with Crippen molar-refractivity contribution in [2.75, 3.05) is 18.0 Å². The number of nitrogens with zero attached hydrogens (tertiary/aromatic N) is 3. The summed E-state index contributed by atoms with van der Waals surface area (Å²) in [7, 11) is 0. The van der Waals surface area contributed by atoms with Crippen LogP contribution in [-0.4, -0.2) is 35.4 Å². The molecule has 1 aromatic heterocycles. The number of ether oxygens (including phenoxy) is 2. The van der Waals surface area contributed by atoms with E-state index >= 15 is 0 Å². The molecule has 0 bridgehead atoms. The van der Waals surface area contributed by atoms with Crippen molar-refractivity contribution in [1.29, 1.82) is 0 Å². The zero-order chi connectivity index (χ0) is 21.8. The summed E-state index contributed by atoms with van der Waals surface area (Å²) in [5.41, 5.74) is 2.09. The third-order valence-electron chi connectivity index (χ3n) is 4.97. The van der Waals surface area contributed by atoms with Crippen LogP contribution in [-0.2, 0) is 16.1 Å². The fourth-order valence-corrected chi connectivity index (χ4v) is 4.31. The Hall–Kier alpha value is -2.71. The summed E-state index contributed by atoms with van der Waals surface area (Å²) in [5, 5.41) is 10.1. The zero-order valence-corrected chi connectivity index (χ0v) is 18.5. The van der Waals surface area contributed by atoms with Crippen LogP contribution in [0, 0.1) is 5.82 Å². The van der Waals surface area contributed by atoms with Gasteiger partial charge in [0.05, 0.1) is 5.02 Å². The molecular formula is C22H21ClFN3O3S. The molecule has 0 amide bonds. The average molecular weight is 462 g/mol. The summed E-state index contributed by atoms with van der Waals surface area (Å²) < 4.78 is 24.3. The maximum atomic E-state index is 13.4. The van der Waals surface area contributed by atoms with Crippen LogP contribution in [0.15, 0.2) is 42.5 Å². The number of hydrogen-bond acceptors (Lipinski definition) is 7. The van der Waals surface area contributed by atoms with Crippen molar-refractivity contribution < 1.29 is 18.7 Å². The van der Waals surface area contributed by atoms with E-state index in [1.54, 1.807) is 0 Å². The lowest BCUT2D eigenvalue weighted by Crippen LogP contribution is -2.38. The largest absolute Gasteiger partial charge is 0.489 e. The topological polar surface area (TPSA) is 64.5 Å². The Morgan fingerprint density at radius 3 is 2.65 bits per heavy atom. The SMILES string of the molecule is CC(=O)OCc1nnc(-c2ccc(N3CCC(Oc4cc(F)ccc4Cl)CC3)cc2)s1. The lowest BCUT2D eigenvalue weighted by atomic mass is 10.1. The molecular weight excluding hydrogens is 441 g/mol. The minimum absolute atomic E-state index is 0.00635. The van der Waals surface area contributed by atoms with Crippen LogP contribution >= 0.6 is 22.9 Å². The summed E-state index contributed by atoms with van der Waals surface area (Å²) in [6.07, 6.45) is 1.65. The van der Waals surface area contributed by atoms with Gasteiger partial charge in [0.25, 0.3) is 0 Å². The first-order valence-electron chi connectivity index (χ1n) is 9.91. The number of carbonyl (C=O) groups is 1. The molecule has 1 fully saturated rings. The average Bonchev–Trinajstić information content (AvgIpc) is 3.25. The maximum absolute atomic E-state index is 13.4. The molecule has 0 unspecified atom stereocenters. The fraction of sp³-hybridized carbons (Fsp3) is 0.318. The highest BCUT2D eigenvalue weighted by Gasteiger charge is 2.22. The molecule has 162 valence electrons. The quantitative estimate of drug-likeness (QED) is 0.475. The van der Waals surface area contributed by atoms with Crippen LogP contribution in [0.25, 0.3) is 10.6 Å². The number of halogens is 2. The summed E-state index contributed by atoms with van der Waals surface area (Å²) in [6.45, 7) is 3.18. The number of hydrogen-bond donors (Lipinski definition) is 0. The lowest BCUT2D eigenvalue weighted by molar-refractivity contribution is -0.142. The minimum Gasteiger partial charge on any atom is -0.489 e. The summed E-state index contributed by atoms with van der Waals surface area (Å²) in [4.78, 5) is 13.2. The lowest BCUT2D eigenvalue weighted by Gasteiger charge is -2.34.